The molecule has 0 aromatic carbocycles. The molecule has 0 unspecified atom stereocenters. The summed E-state index contributed by atoms with van der Waals surface area (Å²) >= 11 is 0. The van der Waals surface area contributed by atoms with Crippen molar-refractivity contribution in [2.45, 2.75) is 64.6 Å². The topological polar surface area (TPSA) is 73.3 Å². The van der Waals surface area contributed by atoms with Crippen LogP contribution in [0.5, 0.6) is 0 Å². The molecule has 1 fully saturated rings. The van der Waals surface area contributed by atoms with Gasteiger partial charge in [-0.2, -0.15) is 0 Å². The van der Waals surface area contributed by atoms with Gasteiger partial charge in [-0.05, 0) is 30.5 Å². The number of nitrogens with one attached hydrogen (secondary N) is 1. The molecule has 1 aromatic heterocycles. The number of nitrogens with zero attached hydrogens (tertiary/aromatic N) is 1. The van der Waals surface area contributed by atoms with Crippen molar-refractivity contribution in [3.8, 4) is 0 Å². The van der Waals surface area contributed by atoms with Gasteiger partial charge in [-0.3, -0.25) is 14.3 Å². The molecular formula is C16H28N2O4Si. The van der Waals surface area contributed by atoms with E-state index in [4.69, 9.17) is 9.16 Å². The van der Waals surface area contributed by atoms with Gasteiger partial charge in [0.2, 0.25) is 0 Å². The van der Waals surface area contributed by atoms with Gasteiger partial charge in [-0.15, -0.1) is 0 Å². The maximum atomic E-state index is 11.9. The fourth-order valence-electron chi connectivity index (χ4n) is 2.41. The van der Waals surface area contributed by atoms with Gasteiger partial charge in [-0.1, -0.05) is 27.7 Å². The average Bonchev–Trinajstić information content (AvgIpc) is 2.76. The van der Waals surface area contributed by atoms with Crippen molar-refractivity contribution in [1.29, 1.82) is 0 Å². The van der Waals surface area contributed by atoms with Crippen LogP contribution in [-0.4, -0.2) is 30.6 Å². The highest BCUT2D eigenvalue weighted by Crippen LogP contribution is 2.38. The van der Waals surface area contributed by atoms with Crippen LogP contribution in [0.2, 0.25) is 18.1 Å². The summed E-state index contributed by atoms with van der Waals surface area (Å²) in [4.78, 5) is 25.3. The molecule has 3 atom stereocenters. The Morgan fingerprint density at radius 3 is 2.61 bits per heavy atom. The normalized spacial score (nSPS) is 25.7. The molecule has 2 rings (SSSR count). The van der Waals surface area contributed by atoms with Crippen molar-refractivity contribution in [2.75, 3.05) is 6.61 Å². The van der Waals surface area contributed by atoms with Crippen molar-refractivity contribution in [1.82, 2.24) is 9.55 Å². The zero-order valence-electron chi connectivity index (χ0n) is 14.9. The first-order chi connectivity index (χ1) is 10.5. The lowest BCUT2D eigenvalue weighted by molar-refractivity contribution is -0.0287. The molecular weight excluding hydrogens is 312 g/mol. The monoisotopic (exact) mass is 340 g/mol. The van der Waals surface area contributed by atoms with E-state index in [0.717, 1.165) is 6.42 Å². The lowest BCUT2D eigenvalue weighted by Crippen LogP contribution is -2.43. The third kappa shape index (κ3) is 4.02. The summed E-state index contributed by atoms with van der Waals surface area (Å²) < 4.78 is 13.7. The molecule has 0 amide bonds. The first kappa shape index (κ1) is 18.2. The molecule has 1 saturated heterocycles. The Morgan fingerprint density at radius 1 is 1.39 bits per heavy atom. The molecule has 0 aliphatic carbocycles. The van der Waals surface area contributed by atoms with Gasteiger partial charge in [0.15, 0.2) is 8.32 Å². The molecule has 130 valence electrons. The average molecular weight is 340 g/mol. The number of hydrogen-bond acceptors (Lipinski definition) is 4. The van der Waals surface area contributed by atoms with Crippen molar-refractivity contribution < 1.29 is 9.16 Å². The lowest BCUT2D eigenvalue weighted by Gasteiger charge is -2.37. The van der Waals surface area contributed by atoms with E-state index in [9.17, 15) is 9.59 Å². The second-order valence-electron chi connectivity index (χ2n) is 7.93. The van der Waals surface area contributed by atoms with Gasteiger partial charge in [-0.25, -0.2) is 4.79 Å². The van der Waals surface area contributed by atoms with E-state index >= 15 is 0 Å². The molecule has 7 heteroatoms. The van der Waals surface area contributed by atoms with Gasteiger partial charge in [0, 0.05) is 12.3 Å². The van der Waals surface area contributed by atoms with Gasteiger partial charge in [0.1, 0.15) is 6.23 Å². The number of ether oxygens (including phenoxy) is 1. The summed E-state index contributed by atoms with van der Waals surface area (Å²) in [5, 5.41) is 0.157. The van der Waals surface area contributed by atoms with Crippen LogP contribution < -0.4 is 11.2 Å². The van der Waals surface area contributed by atoms with Crippen LogP contribution in [0, 0.1) is 5.92 Å². The van der Waals surface area contributed by atoms with Crippen LogP contribution in [0.4, 0.5) is 0 Å². The summed E-state index contributed by atoms with van der Waals surface area (Å²) in [5.41, 5.74) is -0.823. The molecule has 1 N–H and O–H groups in total. The van der Waals surface area contributed by atoms with Gasteiger partial charge in [0.05, 0.1) is 12.7 Å². The van der Waals surface area contributed by atoms with Gasteiger partial charge < -0.3 is 9.16 Å². The molecule has 23 heavy (non-hydrogen) atoms. The van der Waals surface area contributed by atoms with Crippen molar-refractivity contribution in [2.24, 2.45) is 5.92 Å². The smallest absolute Gasteiger partial charge is 0.330 e. The first-order valence-electron chi connectivity index (χ1n) is 8.12. The Bertz CT molecular complexity index is 659. The maximum Gasteiger partial charge on any atom is 0.330 e. The van der Waals surface area contributed by atoms with Gasteiger partial charge >= 0.3 is 5.69 Å². The van der Waals surface area contributed by atoms with E-state index in [2.05, 4.69) is 45.8 Å². The standard InChI is InChI=1S/C16H28N2O4Si/c1-11-9-14(18-8-7-13(19)17-15(18)20)22-12(11)10-21-23(5,6)16(2,3)4/h7-8,11-12,14H,9-10H2,1-6H3,(H,17,19,20)/t11-,12-,14-/m1/s1. The quantitative estimate of drug-likeness (QED) is 0.855. The third-order valence-corrected chi connectivity index (χ3v) is 9.62. The Kier molecular flexibility index (Phi) is 5.03. The predicted octanol–water partition coefficient (Wildman–Crippen LogP) is 2.48. The fraction of sp³-hybridized carbons (Fsp3) is 0.750. The van der Waals surface area contributed by atoms with Crippen LogP contribution in [-0.2, 0) is 9.16 Å². The zero-order chi connectivity index (χ0) is 17.4. The molecule has 0 saturated carbocycles. The molecule has 1 aromatic rings. The summed E-state index contributed by atoms with van der Waals surface area (Å²) in [6.45, 7) is 13.7. The number of aromatic nitrogens is 2. The van der Waals surface area contributed by atoms with Crippen LogP contribution in [0.1, 0.15) is 40.3 Å². The van der Waals surface area contributed by atoms with E-state index in [0.29, 0.717) is 12.5 Å². The molecule has 1 aliphatic heterocycles. The summed E-state index contributed by atoms with van der Waals surface area (Å²) in [5.74, 6) is 0.295. The summed E-state index contributed by atoms with van der Waals surface area (Å²) in [6, 6.07) is 1.34. The Hall–Kier alpha value is -1.18. The Labute approximate surface area is 138 Å². The van der Waals surface area contributed by atoms with Crippen molar-refractivity contribution >= 4 is 8.32 Å². The second kappa shape index (κ2) is 6.37. The largest absolute Gasteiger partial charge is 0.414 e. The predicted molar refractivity (Wildman–Crippen MR) is 92.2 cm³/mol. The number of hydrogen-bond donors (Lipinski definition) is 1. The number of aromatic amines is 1. The molecule has 0 radical (unpaired) electrons. The maximum absolute atomic E-state index is 11.9. The van der Waals surface area contributed by atoms with Crippen LogP contribution in [0.25, 0.3) is 0 Å². The fourth-order valence-corrected chi connectivity index (χ4v) is 3.42. The minimum absolute atomic E-state index is 0.0343. The lowest BCUT2D eigenvalue weighted by atomic mass is 10.0. The van der Waals surface area contributed by atoms with Crippen LogP contribution >= 0.6 is 0 Å². The van der Waals surface area contributed by atoms with E-state index in [1.165, 1.54) is 16.8 Å². The second-order valence-corrected chi connectivity index (χ2v) is 12.7. The van der Waals surface area contributed by atoms with E-state index in [-0.39, 0.29) is 17.4 Å². The highest BCUT2D eigenvalue weighted by atomic mass is 28.4. The summed E-state index contributed by atoms with van der Waals surface area (Å²) in [6.07, 6.45) is 1.85. The Morgan fingerprint density at radius 2 is 2.04 bits per heavy atom. The molecule has 2 heterocycles. The van der Waals surface area contributed by atoms with Gasteiger partial charge in [0.25, 0.3) is 5.56 Å². The van der Waals surface area contributed by atoms with Crippen LogP contribution in [0.15, 0.2) is 21.9 Å². The third-order valence-electron chi connectivity index (χ3n) is 5.12. The highest BCUT2D eigenvalue weighted by Gasteiger charge is 2.40. The summed E-state index contributed by atoms with van der Waals surface area (Å²) in [7, 11) is -1.82. The number of H-pyrrole nitrogens is 1. The SMILES string of the molecule is C[C@@H]1C[C@H](n2ccc(=O)[nH]c2=O)O[C@@H]1CO[Si](C)(C)C(C)(C)C. The van der Waals surface area contributed by atoms with E-state index < -0.39 is 19.6 Å². The minimum atomic E-state index is -1.82. The minimum Gasteiger partial charge on any atom is -0.414 e. The molecule has 6 nitrogen and oxygen atoms in total. The molecule has 0 bridgehead atoms. The molecule has 0 spiro atoms. The van der Waals surface area contributed by atoms with E-state index in [1.54, 1.807) is 0 Å². The van der Waals surface area contributed by atoms with Crippen molar-refractivity contribution in [3.05, 3.63) is 33.1 Å². The highest BCUT2D eigenvalue weighted by molar-refractivity contribution is 6.74. The Balaban J connectivity index is 2.04. The zero-order valence-corrected chi connectivity index (χ0v) is 15.9. The number of rotatable bonds is 4. The first-order valence-corrected chi connectivity index (χ1v) is 11.0. The van der Waals surface area contributed by atoms with Crippen LogP contribution in [0.3, 0.4) is 0 Å². The van der Waals surface area contributed by atoms with Crippen molar-refractivity contribution in [3.63, 3.8) is 0 Å². The molecule has 1 aliphatic rings. The van der Waals surface area contributed by atoms with E-state index in [1.807, 2.05) is 0 Å².